The van der Waals surface area contributed by atoms with Gasteiger partial charge in [0.15, 0.2) is 0 Å². The number of aliphatic imine (C=N–C) groups is 1. The number of piperidine rings is 1. The summed E-state index contributed by atoms with van der Waals surface area (Å²) in [5, 5.41) is 6.18. The first kappa shape index (κ1) is 10.9. The summed E-state index contributed by atoms with van der Waals surface area (Å²) in [6, 6.07) is 0.278. The fraction of sp³-hybridized carbons (Fsp3) is 0.600. The van der Waals surface area contributed by atoms with Gasteiger partial charge in [0.25, 0.3) is 5.91 Å². The van der Waals surface area contributed by atoms with Crippen LogP contribution in [-0.4, -0.2) is 37.8 Å². The number of hydrogen-bond donors (Lipinski definition) is 2. The van der Waals surface area contributed by atoms with Gasteiger partial charge in [-0.3, -0.25) is 9.79 Å². The molecule has 0 radical (unpaired) electrons. The van der Waals surface area contributed by atoms with Crippen molar-refractivity contribution in [3.8, 4) is 0 Å². The zero-order valence-corrected chi connectivity index (χ0v) is 8.55. The molecule has 4 nitrogen and oxygen atoms in total. The van der Waals surface area contributed by atoms with Crippen LogP contribution in [0.25, 0.3) is 0 Å². The van der Waals surface area contributed by atoms with Gasteiger partial charge >= 0.3 is 0 Å². The Morgan fingerprint density at radius 1 is 1.57 bits per heavy atom. The summed E-state index contributed by atoms with van der Waals surface area (Å²) in [5.74, 6) is -0.116. The standard InChI is InChI=1S/C10H17N3O/c1-3-9(11-2)10(14)13-8-4-6-12-7-5-8/h3,8,12H,1,4-7H2,2H3,(H,13,14). The summed E-state index contributed by atoms with van der Waals surface area (Å²) in [5.41, 5.74) is 0.406. The molecule has 1 fully saturated rings. The fourth-order valence-electron chi connectivity index (χ4n) is 1.51. The molecule has 1 amide bonds. The molecule has 0 spiro atoms. The highest BCUT2D eigenvalue weighted by molar-refractivity contribution is 6.43. The average Bonchev–Trinajstić information content (AvgIpc) is 2.21. The van der Waals surface area contributed by atoms with Crippen molar-refractivity contribution in [3.05, 3.63) is 12.7 Å². The van der Waals surface area contributed by atoms with Crippen LogP contribution in [0.5, 0.6) is 0 Å². The Morgan fingerprint density at radius 3 is 2.71 bits per heavy atom. The molecule has 0 aromatic heterocycles. The molecule has 0 unspecified atom stereocenters. The van der Waals surface area contributed by atoms with Crippen molar-refractivity contribution < 1.29 is 4.79 Å². The molecule has 14 heavy (non-hydrogen) atoms. The third-order valence-electron chi connectivity index (χ3n) is 2.34. The van der Waals surface area contributed by atoms with Crippen molar-refractivity contribution in [2.75, 3.05) is 20.1 Å². The van der Waals surface area contributed by atoms with E-state index in [1.807, 2.05) is 0 Å². The Balaban J connectivity index is 2.42. The molecule has 0 bridgehead atoms. The van der Waals surface area contributed by atoms with E-state index in [1.165, 1.54) is 6.08 Å². The van der Waals surface area contributed by atoms with Crippen molar-refractivity contribution in [2.24, 2.45) is 4.99 Å². The van der Waals surface area contributed by atoms with Crippen LogP contribution in [0, 0.1) is 0 Å². The van der Waals surface area contributed by atoms with Gasteiger partial charge in [0.1, 0.15) is 5.71 Å². The molecule has 0 aromatic rings. The van der Waals surface area contributed by atoms with Crippen molar-refractivity contribution in [2.45, 2.75) is 18.9 Å². The van der Waals surface area contributed by atoms with Crippen molar-refractivity contribution in [1.82, 2.24) is 10.6 Å². The Bertz CT molecular complexity index is 242. The highest BCUT2D eigenvalue weighted by atomic mass is 16.1. The molecule has 1 saturated heterocycles. The van der Waals surface area contributed by atoms with E-state index in [9.17, 15) is 4.79 Å². The minimum atomic E-state index is -0.116. The lowest BCUT2D eigenvalue weighted by Gasteiger charge is -2.23. The topological polar surface area (TPSA) is 53.5 Å². The number of hydrogen-bond acceptors (Lipinski definition) is 3. The number of amides is 1. The summed E-state index contributed by atoms with van der Waals surface area (Å²) in [4.78, 5) is 15.4. The predicted octanol–water partition coefficient (Wildman–Crippen LogP) is 0.111. The molecule has 0 aliphatic carbocycles. The van der Waals surface area contributed by atoms with Gasteiger partial charge in [-0.2, -0.15) is 0 Å². The van der Waals surface area contributed by atoms with Crippen LogP contribution in [0.4, 0.5) is 0 Å². The number of nitrogens with one attached hydrogen (secondary N) is 2. The fourth-order valence-corrected chi connectivity index (χ4v) is 1.51. The summed E-state index contributed by atoms with van der Waals surface area (Å²) in [6.07, 6.45) is 3.45. The molecule has 0 saturated carbocycles. The van der Waals surface area contributed by atoms with Crippen LogP contribution < -0.4 is 10.6 Å². The van der Waals surface area contributed by atoms with Gasteiger partial charge in [-0.05, 0) is 32.0 Å². The second-order valence-electron chi connectivity index (χ2n) is 3.31. The molecule has 2 N–H and O–H groups in total. The van der Waals surface area contributed by atoms with Gasteiger partial charge < -0.3 is 10.6 Å². The van der Waals surface area contributed by atoms with Crippen LogP contribution in [0.3, 0.4) is 0 Å². The van der Waals surface area contributed by atoms with Gasteiger partial charge in [-0.15, -0.1) is 0 Å². The molecule has 0 aromatic carbocycles. The third kappa shape index (κ3) is 2.96. The Labute approximate surface area is 84.5 Å². The van der Waals surface area contributed by atoms with E-state index in [1.54, 1.807) is 7.05 Å². The van der Waals surface area contributed by atoms with Gasteiger partial charge in [0, 0.05) is 13.1 Å². The minimum Gasteiger partial charge on any atom is -0.348 e. The summed E-state index contributed by atoms with van der Waals surface area (Å²) < 4.78 is 0. The lowest BCUT2D eigenvalue weighted by molar-refractivity contribution is -0.115. The number of carbonyl (C=O) groups excluding carboxylic acids is 1. The van der Waals surface area contributed by atoms with E-state index >= 15 is 0 Å². The minimum absolute atomic E-state index is 0.116. The molecule has 1 aliphatic rings. The monoisotopic (exact) mass is 195 g/mol. The molecular weight excluding hydrogens is 178 g/mol. The van der Waals surface area contributed by atoms with Gasteiger partial charge in [0.05, 0.1) is 0 Å². The zero-order chi connectivity index (χ0) is 10.4. The first-order valence-electron chi connectivity index (χ1n) is 4.88. The maximum absolute atomic E-state index is 11.5. The first-order chi connectivity index (χ1) is 6.77. The number of carbonyl (C=O) groups is 1. The van der Waals surface area contributed by atoms with Gasteiger partial charge in [-0.1, -0.05) is 6.58 Å². The van der Waals surface area contributed by atoms with E-state index in [0.717, 1.165) is 25.9 Å². The maximum atomic E-state index is 11.5. The quantitative estimate of drug-likeness (QED) is 0.628. The predicted molar refractivity (Wildman–Crippen MR) is 57.6 cm³/mol. The SMILES string of the molecule is C=CC(=NC)C(=O)NC1CCNCC1. The molecular formula is C10H17N3O. The second kappa shape index (κ2) is 5.54. The van der Waals surface area contributed by atoms with Crippen molar-refractivity contribution in [1.29, 1.82) is 0 Å². The lowest BCUT2D eigenvalue weighted by atomic mass is 10.1. The van der Waals surface area contributed by atoms with Gasteiger partial charge in [-0.25, -0.2) is 0 Å². The third-order valence-corrected chi connectivity index (χ3v) is 2.34. The molecule has 1 aliphatic heterocycles. The zero-order valence-electron chi connectivity index (χ0n) is 8.55. The van der Waals surface area contributed by atoms with E-state index in [0.29, 0.717) is 5.71 Å². The van der Waals surface area contributed by atoms with E-state index in [2.05, 4.69) is 22.2 Å². The summed E-state index contributed by atoms with van der Waals surface area (Å²) in [7, 11) is 1.60. The molecule has 1 heterocycles. The second-order valence-corrected chi connectivity index (χ2v) is 3.31. The maximum Gasteiger partial charge on any atom is 0.269 e. The van der Waals surface area contributed by atoms with Gasteiger partial charge in [0.2, 0.25) is 0 Å². The Kier molecular flexibility index (Phi) is 4.32. The summed E-state index contributed by atoms with van der Waals surface area (Å²) in [6.45, 7) is 5.48. The Hall–Kier alpha value is -1.16. The highest BCUT2D eigenvalue weighted by Gasteiger charge is 2.16. The van der Waals surface area contributed by atoms with Crippen LogP contribution in [0.15, 0.2) is 17.6 Å². The van der Waals surface area contributed by atoms with Crippen LogP contribution >= 0.6 is 0 Å². The highest BCUT2D eigenvalue weighted by Crippen LogP contribution is 2.01. The van der Waals surface area contributed by atoms with Crippen LogP contribution in [0.2, 0.25) is 0 Å². The van der Waals surface area contributed by atoms with Crippen molar-refractivity contribution >= 4 is 11.6 Å². The largest absolute Gasteiger partial charge is 0.348 e. The summed E-state index contributed by atoms with van der Waals surface area (Å²) >= 11 is 0. The van der Waals surface area contributed by atoms with Crippen LogP contribution in [0.1, 0.15) is 12.8 Å². The molecule has 4 heteroatoms. The Morgan fingerprint density at radius 2 is 2.21 bits per heavy atom. The van der Waals surface area contributed by atoms with E-state index < -0.39 is 0 Å². The lowest BCUT2D eigenvalue weighted by Crippen LogP contribution is -2.44. The normalized spacial score (nSPS) is 19.1. The number of rotatable bonds is 3. The van der Waals surface area contributed by atoms with E-state index in [4.69, 9.17) is 0 Å². The smallest absolute Gasteiger partial charge is 0.269 e. The number of nitrogens with zero attached hydrogens (tertiary/aromatic N) is 1. The van der Waals surface area contributed by atoms with Crippen molar-refractivity contribution in [3.63, 3.8) is 0 Å². The molecule has 78 valence electrons. The average molecular weight is 195 g/mol. The molecule has 1 rings (SSSR count). The first-order valence-corrected chi connectivity index (χ1v) is 4.88. The van der Waals surface area contributed by atoms with Crippen LogP contribution in [-0.2, 0) is 4.79 Å². The van der Waals surface area contributed by atoms with E-state index in [-0.39, 0.29) is 11.9 Å². The molecule has 0 atom stereocenters.